The third-order valence-electron chi connectivity index (χ3n) is 5.33. The van der Waals surface area contributed by atoms with Gasteiger partial charge in [-0.05, 0) is 86.6 Å². The first-order valence-electron chi connectivity index (χ1n) is 11.0. The quantitative estimate of drug-likeness (QED) is 0.334. The maximum atomic E-state index is 13.2. The minimum Gasteiger partial charge on any atom is -0.493 e. The standard InChI is InChI=1S/C25H33BrNO5/c1-14(2)31-24(28)23(32-25(5,6)7)20-15(3)27(29)16(4)22(26)21(20)18-10-11-19-17(13-18)9-8-12-30-19/h10-11,13-14,23,29H,8-9,12H2,1-7H3/q+1/t23-/m0/s1. The number of hydrogen-bond acceptors (Lipinski definition) is 5. The average molecular weight is 507 g/mol. The highest BCUT2D eigenvalue weighted by molar-refractivity contribution is 9.10. The van der Waals surface area contributed by atoms with Crippen molar-refractivity contribution in [3.63, 3.8) is 0 Å². The van der Waals surface area contributed by atoms with E-state index in [-0.39, 0.29) is 6.10 Å². The molecular formula is C25H33BrNO5+. The number of fused-ring (bicyclic) bond motifs is 1. The molecule has 1 aromatic heterocycles. The molecule has 1 aliphatic heterocycles. The number of aryl methyl sites for hydroxylation is 1. The lowest BCUT2D eigenvalue weighted by Gasteiger charge is -2.29. The molecule has 0 unspecified atom stereocenters. The van der Waals surface area contributed by atoms with E-state index in [1.807, 2.05) is 39.8 Å². The second-order valence-electron chi connectivity index (χ2n) is 9.46. The highest BCUT2D eigenvalue weighted by Crippen LogP contribution is 2.42. The Bertz CT molecular complexity index is 1030. The van der Waals surface area contributed by atoms with E-state index in [9.17, 15) is 10.0 Å². The van der Waals surface area contributed by atoms with Crippen LogP contribution in [0, 0.1) is 13.8 Å². The van der Waals surface area contributed by atoms with Crippen LogP contribution >= 0.6 is 15.9 Å². The molecule has 32 heavy (non-hydrogen) atoms. The van der Waals surface area contributed by atoms with Crippen LogP contribution in [-0.2, 0) is 20.7 Å². The van der Waals surface area contributed by atoms with Crippen LogP contribution in [-0.4, -0.2) is 29.5 Å². The molecule has 0 bridgehead atoms. The minimum atomic E-state index is -1.02. The molecule has 0 amide bonds. The van der Waals surface area contributed by atoms with Gasteiger partial charge in [0.1, 0.15) is 5.75 Å². The summed E-state index contributed by atoms with van der Waals surface area (Å²) in [5.74, 6) is 0.400. The summed E-state index contributed by atoms with van der Waals surface area (Å²) in [6.07, 6.45) is 0.575. The first kappa shape index (κ1) is 24.5. The first-order valence-corrected chi connectivity index (χ1v) is 11.8. The van der Waals surface area contributed by atoms with Crippen LogP contribution in [0.1, 0.15) is 69.7 Å². The summed E-state index contributed by atoms with van der Waals surface area (Å²) < 4.78 is 19.4. The van der Waals surface area contributed by atoms with Crippen molar-refractivity contribution in [2.75, 3.05) is 6.61 Å². The molecule has 6 nitrogen and oxygen atoms in total. The van der Waals surface area contributed by atoms with Crippen LogP contribution in [0.25, 0.3) is 11.1 Å². The molecule has 1 aromatic carbocycles. The molecule has 2 aromatic rings. The summed E-state index contributed by atoms with van der Waals surface area (Å²) in [4.78, 5) is 13.2. The molecule has 0 fully saturated rings. The summed E-state index contributed by atoms with van der Waals surface area (Å²) >= 11 is 3.68. The van der Waals surface area contributed by atoms with Crippen molar-refractivity contribution in [3.8, 4) is 16.9 Å². The number of nitrogens with zero attached hydrogens (tertiary/aromatic N) is 1. The topological polar surface area (TPSA) is 68.9 Å². The molecule has 2 heterocycles. The second-order valence-corrected chi connectivity index (χ2v) is 10.2. The monoisotopic (exact) mass is 506 g/mol. The van der Waals surface area contributed by atoms with Gasteiger partial charge in [0.15, 0.2) is 6.10 Å². The second kappa shape index (κ2) is 9.40. The largest absolute Gasteiger partial charge is 0.493 e. The Balaban J connectivity index is 2.29. The molecule has 1 atom stereocenters. The SMILES string of the molecule is Cc1c(Br)c(-c2ccc3c(c2)CCCO3)c([C@H](OC(C)(C)C)C(=O)OC(C)C)c(C)[n+]1O. The zero-order chi connectivity index (χ0) is 23.8. The van der Waals surface area contributed by atoms with Crippen molar-refractivity contribution in [2.45, 2.75) is 79.1 Å². The lowest BCUT2D eigenvalue weighted by Crippen LogP contribution is -2.41. The summed E-state index contributed by atoms with van der Waals surface area (Å²) in [6, 6.07) is 6.05. The van der Waals surface area contributed by atoms with Crippen molar-refractivity contribution in [3.05, 3.63) is 45.2 Å². The van der Waals surface area contributed by atoms with Crippen LogP contribution < -0.4 is 9.47 Å². The van der Waals surface area contributed by atoms with E-state index in [1.54, 1.807) is 20.8 Å². The maximum Gasteiger partial charge on any atom is 0.340 e. The lowest BCUT2D eigenvalue weighted by molar-refractivity contribution is -0.913. The highest BCUT2D eigenvalue weighted by Gasteiger charge is 2.38. The average Bonchev–Trinajstić information content (AvgIpc) is 2.71. The number of benzene rings is 1. The molecule has 1 N–H and O–H groups in total. The summed E-state index contributed by atoms with van der Waals surface area (Å²) in [7, 11) is 0. The number of aromatic nitrogens is 1. The van der Waals surface area contributed by atoms with Gasteiger partial charge in [0.25, 0.3) is 0 Å². The van der Waals surface area contributed by atoms with E-state index in [1.165, 1.54) is 0 Å². The lowest BCUT2D eigenvalue weighted by atomic mass is 9.91. The fourth-order valence-corrected chi connectivity index (χ4v) is 4.54. The molecule has 7 heteroatoms. The van der Waals surface area contributed by atoms with Gasteiger partial charge in [-0.25, -0.2) is 4.79 Å². The Morgan fingerprint density at radius 2 is 1.91 bits per heavy atom. The maximum absolute atomic E-state index is 13.2. The van der Waals surface area contributed by atoms with Crippen molar-refractivity contribution in [2.24, 2.45) is 0 Å². The van der Waals surface area contributed by atoms with E-state index < -0.39 is 17.7 Å². The number of halogens is 1. The Hall–Kier alpha value is -2.12. The molecule has 0 aliphatic carbocycles. The van der Waals surface area contributed by atoms with E-state index in [0.717, 1.165) is 46.6 Å². The predicted octanol–water partition coefficient (Wildman–Crippen LogP) is 5.39. The number of pyridine rings is 1. The first-order chi connectivity index (χ1) is 14.9. The summed E-state index contributed by atoms with van der Waals surface area (Å²) in [5, 5.41) is 10.8. The molecule has 1 aliphatic rings. The van der Waals surface area contributed by atoms with Crippen molar-refractivity contribution < 1.29 is 28.9 Å². The molecule has 0 saturated carbocycles. The Labute approximate surface area is 198 Å². The molecule has 3 rings (SSSR count). The highest BCUT2D eigenvalue weighted by atomic mass is 79.9. The van der Waals surface area contributed by atoms with Crippen LogP contribution in [0.5, 0.6) is 5.75 Å². The number of ether oxygens (including phenoxy) is 3. The van der Waals surface area contributed by atoms with E-state index in [0.29, 0.717) is 21.4 Å². The molecular weight excluding hydrogens is 474 g/mol. The Morgan fingerprint density at radius 3 is 2.53 bits per heavy atom. The molecule has 174 valence electrons. The molecule has 0 radical (unpaired) electrons. The number of esters is 1. The van der Waals surface area contributed by atoms with Crippen LogP contribution in [0.3, 0.4) is 0 Å². The number of carbonyl (C=O) groups excluding carboxylic acids is 1. The predicted molar refractivity (Wildman–Crippen MR) is 125 cm³/mol. The van der Waals surface area contributed by atoms with Gasteiger partial charge in [-0.1, -0.05) is 6.07 Å². The fraction of sp³-hybridized carbons (Fsp3) is 0.520. The normalized spacial score (nSPS) is 14.7. The zero-order valence-corrected chi connectivity index (χ0v) is 21.5. The van der Waals surface area contributed by atoms with Crippen LogP contribution in [0.15, 0.2) is 22.7 Å². The van der Waals surface area contributed by atoms with Gasteiger partial charge in [-0.2, -0.15) is 0 Å². The Kier molecular flexibility index (Phi) is 7.20. The zero-order valence-electron chi connectivity index (χ0n) is 19.9. The molecule has 0 spiro atoms. The van der Waals surface area contributed by atoms with E-state index >= 15 is 0 Å². The molecule has 0 saturated heterocycles. The van der Waals surface area contributed by atoms with Gasteiger partial charge in [0.05, 0.1) is 28.3 Å². The van der Waals surface area contributed by atoms with Crippen molar-refractivity contribution in [1.29, 1.82) is 0 Å². The Morgan fingerprint density at radius 1 is 1.22 bits per heavy atom. The van der Waals surface area contributed by atoms with Gasteiger partial charge >= 0.3 is 5.97 Å². The van der Waals surface area contributed by atoms with Crippen LogP contribution in [0.2, 0.25) is 0 Å². The van der Waals surface area contributed by atoms with Crippen molar-refractivity contribution in [1.82, 2.24) is 0 Å². The third-order valence-corrected chi connectivity index (χ3v) is 6.30. The number of rotatable bonds is 5. The summed E-state index contributed by atoms with van der Waals surface area (Å²) in [6.45, 7) is 13.6. The smallest absolute Gasteiger partial charge is 0.340 e. The third kappa shape index (κ3) is 5.09. The van der Waals surface area contributed by atoms with E-state index in [4.69, 9.17) is 14.2 Å². The van der Waals surface area contributed by atoms with Gasteiger partial charge in [-0.15, -0.1) is 0 Å². The van der Waals surface area contributed by atoms with Gasteiger partial charge < -0.3 is 14.2 Å². The number of carbonyl (C=O) groups is 1. The van der Waals surface area contributed by atoms with Gasteiger partial charge in [0, 0.05) is 24.1 Å². The van der Waals surface area contributed by atoms with Gasteiger partial charge in [0.2, 0.25) is 11.4 Å². The summed E-state index contributed by atoms with van der Waals surface area (Å²) in [5.41, 5.74) is 3.94. The van der Waals surface area contributed by atoms with Crippen LogP contribution in [0.4, 0.5) is 0 Å². The minimum absolute atomic E-state index is 0.298. The van der Waals surface area contributed by atoms with Crippen molar-refractivity contribution >= 4 is 21.9 Å². The van der Waals surface area contributed by atoms with E-state index in [2.05, 4.69) is 22.0 Å². The van der Waals surface area contributed by atoms with Gasteiger partial charge in [-0.3, -0.25) is 5.21 Å². The fourth-order valence-electron chi connectivity index (χ4n) is 3.93. The number of hydrogen-bond donors (Lipinski definition) is 1.